The minimum absolute atomic E-state index is 0.960. The first kappa shape index (κ1) is 13.3. The van der Waals surface area contributed by atoms with Crippen LogP contribution in [0.15, 0.2) is 0 Å². The molecule has 0 unspecified atom stereocenters. The molecule has 0 aromatic rings. The molecule has 2 aliphatic heterocycles. The van der Waals surface area contributed by atoms with Gasteiger partial charge >= 0.3 is 0 Å². The van der Waals surface area contributed by atoms with E-state index in [-0.39, 0.29) is 0 Å². The summed E-state index contributed by atoms with van der Waals surface area (Å²) in [4.78, 5) is 7.52. The summed E-state index contributed by atoms with van der Waals surface area (Å²) in [7, 11) is 4.31. The highest BCUT2D eigenvalue weighted by atomic mass is 15.3. The minimum atomic E-state index is 0.960. The molecule has 0 aromatic heterocycles. The van der Waals surface area contributed by atoms with E-state index in [1.54, 1.807) is 0 Å². The highest BCUT2D eigenvalue weighted by Crippen LogP contribution is 2.10. The molecule has 1 N–H and O–H groups in total. The SMILES string of the molecule is CN(C)CCN1CCN(CCC2CNC2)CC1. The van der Waals surface area contributed by atoms with E-state index in [2.05, 4.69) is 34.1 Å². The molecule has 2 saturated heterocycles. The van der Waals surface area contributed by atoms with Gasteiger partial charge in [0.25, 0.3) is 0 Å². The zero-order chi connectivity index (χ0) is 12.1. The molecular weight excluding hydrogens is 212 g/mol. The van der Waals surface area contributed by atoms with Gasteiger partial charge in [0.05, 0.1) is 0 Å². The van der Waals surface area contributed by atoms with Crippen LogP contribution in [0.2, 0.25) is 0 Å². The molecule has 4 heteroatoms. The Morgan fingerprint density at radius 3 is 2.06 bits per heavy atom. The first-order valence-corrected chi connectivity index (χ1v) is 7.04. The van der Waals surface area contributed by atoms with Gasteiger partial charge in [-0.2, -0.15) is 0 Å². The second kappa shape index (κ2) is 6.69. The number of nitrogens with zero attached hydrogens (tertiary/aromatic N) is 3. The Bertz CT molecular complexity index is 207. The van der Waals surface area contributed by atoms with Crippen molar-refractivity contribution in [3.8, 4) is 0 Å². The lowest BCUT2D eigenvalue weighted by molar-refractivity contribution is 0.116. The van der Waals surface area contributed by atoms with Crippen molar-refractivity contribution in [2.24, 2.45) is 5.92 Å². The molecule has 100 valence electrons. The summed E-state index contributed by atoms with van der Waals surface area (Å²) in [5.74, 6) is 0.960. The summed E-state index contributed by atoms with van der Waals surface area (Å²) < 4.78 is 0. The molecule has 2 rings (SSSR count). The van der Waals surface area contributed by atoms with Gasteiger partial charge in [-0.05, 0) is 46.1 Å². The monoisotopic (exact) mass is 240 g/mol. The Kier molecular flexibility index (Phi) is 5.22. The maximum absolute atomic E-state index is 3.35. The third-order valence-corrected chi connectivity index (χ3v) is 4.05. The normalized spacial score (nSPS) is 24.2. The molecule has 0 atom stereocenters. The Morgan fingerprint density at radius 1 is 1.00 bits per heavy atom. The summed E-state index contributed by atoms with van der Waals surface area (Å²) in [5, 5.41) is 3.35. The lowest BCUT2D eigenvalue weighted by Gasteiger charge is -2.36. The molecule has 2 fully saturated rings. The first-order valence-electron chi connectivity index (χ1n) is 7.04. The van der Waals surface area contributed by atoms with Gasteiger partial charge in [-0.1, -0.05) is 0 Å². The first-order chi connectivity index (χ1) is 8.24. The Balaban J connectivity index is 1.54. The second-order valence-electron chi connectivity index (χ2n) is 5.80. The van der Waals surface area contributed by atoms with Crippen LogP contribution in [0.5, 0.6) is 0 Å². The summed E-state index contributed by atoms with van der Waals surface area (Å²) >= 11 is 0. The molecule has 0 bridgehead atoms. The predicted molar refractivity (Wildman–Crippen MR) is 72.4 cm³/mol. The molecule has 0 amide bonds. The lowest BCUT2D eigenvalue weighted by atomic mass is 9.99. The van der Waals surface area contributed by atoms with Crippen molar-refractivity contribution < 1.29 is 0 Å². The van der Waals surface area contributed by atoms with Crippen molar-refractivity contribution in [2.75, 3.05) is 73.0 Å². The average molecular weight is 240 g/mol. The third kappa shape index (κ3) is 4.54. The van der Waals surface area contributed by atoms with Crippen LogP contribution >= 0.6 is 0 Å². The van der Waals surface area contributed by atoms with Gasteiger partial charge in [0.15, 0.2) is 0 Å². The van der Waals surface area contributed by atoms with Crippen LogP contribution in [-0.4, -0.2) is 87.7 Å². The zero-order valence-electron chi connectivity index (χ0n) is 11.5. The number of likely N-dealkylation sites (N-methyl/N-ethyl adjacent to an activating group) is 1. The number of piperazine rings is 1. The molecule has 0 saturated carbocycles. The van der Waals surface area contributed by atoms with Crippen LogP contribution in [0.3, 0.4) is 0 Å². The van der Waals surface area contributed by atoms with Gasteiger partial charge in [0, 0.05) is 39.3 Å². The van der Waals surface area contributed by atoms with Crippen molar-refractivity contribution in [1.82, 2.24) is 20.0 Å². The fourth-order valence-corrected chi connectivity index (χ4v) is 2.50. The summed E-state index contributed by atoms with van der Waals surface area (Å²) in [5.41, 5.74) is 0. The number of rotatable bonds is 6. The van der Waals surface area contributed by atoms with Crippen LogP contribution in [0.4, 0.5) is 0 Å². The molecule has 0 spiro atoms. The fourth-order valence-electron chi connectivity index (χ4n) is 2.50. The van der Waals surface area contributed by atoms with Crippen molar-refractivity contribution >= 4 is 0 Å². The largest absolute Gasteiger partial charge is 0.316 e. The second-order valence-corrected chi connectivity index (χ2v) is 5.80. The van der Waals surface area contributed by atoms with Gasteiger partial charge in [0.1, 0.15) is 0 Å². The van der Waals surface area contributed by atoms with Crippen LogP contribution in [-0.2, 0) is 0 Å². The van der Waals surface area contributed by atoms with E-state index in [4.69, 9.17) is 0 Å². The Morgan fingerprint density at radius 2 is 1.59 bits per heavy atom. The Labute approximate surface area is 106 Å². The van der Waals surface area contributed by atoms with E-state index in [1.165, 1.54) is 65.3 Å². The van der Waals surface area contributed by atoms with E-state index >= 15 is 0 Å². The van der Waals surface area contributed by atoms with Crippen molar-refractivity contribution in [3.05, 3.63) is 0 Å². The quantitative estimate of drug-likeness (QED) is 0.692. The molecule has 0 aromatic carbocycles. The van der Waals surface area contributed by atoms with E-state index in [0.717, 1.165) is 5.92 Å². The van der Waals surface area contributed by atoms with Crippen LogP contribution < -0.4 is 5.32 Å². The van der Waals surface area contributed by atoms with Crippen molar-refractivity contribution in [3.63, 3.8) is 0 Å². The Hall–Kier alpha value is -0.160. The average Bonchev–Trinajstić information content (AvgIpc) is 2.26. The highest BCUT2D eigenvalue weighted by Gasteiger charge is 2.20. The molecule has 4 nitrogen and oxygen atoms in total. The standard InChI is InChI=1S/C13H28N4/c1-15(2)5-6-17-9-7-16(8-10-17)4-3-13-11-14-12-13/h13-14H,3-12H2,1-2H3. The minimum Gasteiger partial charge on any atom is -0.316 e. The van der Waals surface area contributed by atoms with E-state index in [1.807, 2.05) is 0 Å². The van der Waals surface area contributed by atoms with Crippen LogP contribution in [0.25, 0.3) is 0 Å². The van der Waals surface area contributed by atoms with Crippen LogP contribution in [0, 0.1) is 5.92 Å². The predicted octanol–water partition coefficient (Wildman–Crippen LogP) is -0.225. The maximum Gasteiger partial charge on any atom is 0.0110 e. The lowest BCUT2D eigenvalue weighted by Crippen LogP contribution is -2.49. The number of hydrogen-bond acceptors (Lipinski definition) is 4. The smallest absolute Gasteiger partial charge is 0.0110 e. The van der Waals surface area contributed by atoms with Gasteiger partial charge in [-0.3, -0.25) is 4.90 Å². The summed E-state index contributed by atoms with van der Waals surface area (Å²) in [6, 6.07) is 0. The topological polar surface area (TPSA) is 21.8 Å². The molecule has 2 aliphatic rings. The van der Waals surface area contributed by atoms with Gasteiger partial charge in [-0.15, -0.1) is 0 Å². The highest BCUT2D eigenvalue weighted by molar-refractivity contribution is 4.78. The number of hydrogen-bond donors (Lipinski definition) is 1. The van der Waals surface area contributed by atoms with E-state index in [9.17, 15) is 0 Å². The van der Waals surface area contributed by atoms with Gasteiger partial charge in [-0.25, -0.2) is 0 Å². The maximum atomic E-state index is 3.35. The fraction of sp³-hybridized carbons (Fsp3) is 1.00. The molecule has 2 heterocycles. The van der Waals surface area contributed by atoms with Crippen LogP contribution in [0.1, 0.15) is 6.42 Å². The van der Waals surface area contributed by atoms with Gasteiger partial charge in [0.2, 0.25) is 0 Å². The molecule has 17 heavy (non-hydrogen) atoms. The molecule has 0 aliphatic carbocycles. The third-order valence-electron chi connectivity index (χ3n) is 4.05. The number of nitrogens with one attached hydrogen (secondary N) is 1. The van der Waals surface area contributed by atoms with Gasteiger partial charge < -0.3 is 15.1 Å². The van der Waals surface area contributed by atoms with E-state index in [0.29, 0.717) is 0 Å². The zero-order valence-corrected chi connectivity index (χ0v) is 11.5. The van der Waals surface area contributed by atoms with E-state index < -0.39 is 0 Å². The van der Waals surface area contributed by atoms with Crippen molar-refractivity contribution in [2.45, 2.75) is 6.42 Å². The van der Waals surface area contributed by atoms with Crippen molar-refractivity contribution in [1.29, 1.82) is 0 Å². The molecule has 0 radical (unpaired) electrons. The molecular formula is C13H28N4. The summed E-state index contributed by atoms with van der Waals surface area (Å²) in [6.07, 6.45) is 1.39. The summed E-state index contributed by atoms with van der Waals surface area (Å²) in [6.45, 7) is 11.3.